The summed E-state index contributed by atoms with van der Waals surface area (Å²) in [7, 11) is 0. The molecule has 0 atom stereocenters. The van der Waals surface area contributed by atoms with Crippen LogP contribution in [0.1, 0.15) is 18.4 Å². The van der Waals surface area contributed by atoms with Crippen molar-refractivity contribution < 1.29 is 14.7 Å². The van der Waals surface area contributed by atoms with Crippen molar-refractivity contribution in [3.05, 3.63) is 35.9 Å². The number of carbonyl (C=O) groups excluding carboxylic acids is 1. The van der Waals surface area contributed by atoms with Gasteiger partial charge in [-0.25, -0.2) is 4.79 Å². The molecule has 1 saturated heterocycles. The molecule has 0 spiro atoms. The molecule has 1 aliphatic rings. The third-order valence-electron chi connectivity index (χ3n) is 3.22. The SMILES string of the molecule is O=C(O)CCCN1CCN(Cc2ccccc2)C1=O. The molecular formula is C14H18N2O3. The molecule has 2 amide bonds. The lowest BCUT2D eigenvalue weighted by Gasteiger charge is -2.18. The zero-order chi connectivity index (χ0) is 13.7. The fraction of sp³-hybridized carbons (Fsp3) is 0.429. The minimum absolute atomic E-state index is 0.00856. The van der Waals surface area contributed by atoms with Crippen LogP contribution < -0.4 is 0 Å². The van der Waals surface area contributed by atoms with Gasteiger partial charge in [0, 0.05) is 32.6 Å². The molecule has 5 heteroatoms. The maximum atomic E-state index is 12.1. The zero-order valence-electron chi connectivity index (χ0n) is 10.8. The van der Waals surface area contributed by atoms with Crippen molar-refractivity contribution >= 4 is 12.0 Å². The molecule has 1 aliphatic heterocycles. The van der Waals surface area contributed by atoms with Crippen molar-refractivity contribution in [2.45, 2.75) is 19.4 Å². The average Bonchev–Trinajstić information content (AvgIpc) is 2.72. The second-order valence-corrected chi connectivity index (χ2v) is 4.67. The maximum absolute atomic E-state index is 12.1. The zero-order valence-corrected chi connectivity index (χ0v) is 10.8. The minimum atomic E-state index is -0.812. The van der Waals surface area contributed by atoms with E-state index in [0.717, 1.165) is 5.56 Å². The van der Waals surface area contributed by atoms with Crippen molar-refractivity contribution in [1.82, 2.24) is 9.80 Å². The lowest BCUT2D eigenvalue weighted by molar-refractivity contribution is -0.137. The summed E-state index contributed by atoms with van der Waals surface area (Å²) in [6.45, 7) is 2.54. The summed E-state index contributed by atoms with van der Waals surface area (Å²) in [5.41, 5.74) is 1.11. The van der Waals surface area contributed by atoms with Gasteiger partial charge in [-0.15, -0.1) is 0 Å². The first-order valence-corrected chi connectivity index (χ1v) is 6.46. The number of amides is 2. The number of hydrogen-bond acceptors (Lipinski definition) is 2. The highest BCUT2D eigenvalue weighted by atomic mass is 16.4. The van der Waals surface area contributed by atoms with Crippen LogP contribution in [0.5, 0.6) is 0 Å². The van der Waals surface area contributed by atoms with Gasteiger partial charge in [-0.3, -0.25) is 4.79 Å². The van der Waals surface area contributed by atoms with Gasteiger partial charge in [0.2, 0.25) is 0 Å². The highest BCUT2D eigenvalue weighted by Crippen LogP contribution is 2.13. The van der Waals surface area contributed by atoms with Crippen LogP contribution in [0, 0.1) is 0 Å². The molecule has 102 valence electrons. The summed E-state index contributed by atoms with van der Waals surface area (Å²) in [6.07, 6.45) is 0.628. The van der Waals surface area contributed by atoms with Crippen LogP contribution in [0.4, 0.5) is 4.79 Å². The summed E-state index contributed by atoms with van der Waals surface area (Å²) in [5, 5.41) is 8.59. The lowest BCUT2D eigenvalue weighted by atomic mass is 10.2. The van der Waals surface area contributed by atoms with Gasteiger partial charge in [0.1, 0.15) is 0 Å². The van der Waals surface area contributed by atoms with E-state index in [-0.39, 0.29) is 12.5 Å². The van der Waals surface area contributed by atoms with Crippen molar-refractivity contribution in [2.75, 3.05) is 19.6 Å². The third-order valence-corrected chi connectivity index (χ3v) is 3.22. The molecule has 0 aromatic heterocycles. The van der Waals surface area contributed by atoms with E-state index in [2.05, 4.69) is 0 Å². The van der Waals surface area contributed by atoms with Gasteiger partial charge in [-0.1, -0.05) is 30.3 Å². The van der Waals surface area contributed by atoms with E-state index in [9.17, 15) is 9.59 Å². The molecule has 5 nitrogen and oxygen atoms in total. The second-order valence-electron chi connectivity index (χ2n) is 4.67. The molecule has 1 N–H and O–H groups in total. The summed E-state index contributed by atoms with van der Waals surface area (Å²) in [5.74, 6) is -0.812. The summed E-state index contributed by atoms with van der Waals surface area (Å²) >= 11 is 0. The number of nitrogens with zero attached hydrogens (tertiary/aromatic N) is 2. The lowest BCUT2D eigenvalue weighted by Crippen LogP contribution is -2.32. The highest BCUT2D eigenvalue weighted by molar-refractivity contribution is 5.76. The van der Waals surface area contributed by atoms with Crippen LogP contribution in [-0.4, -0.2) is 46.5 Å². The van der Waals surface area contributed by atoms with E-state index in [1.165, 1.54) is 0 Å². The Balaban J connectivity index is 1.82. The van der Waals surface area contributed by atoms with Crippen molar-refractivity contribution in [1.29, 1.82) is 0 Å². The fourth-order valence-corrected chi connectivity index (χ4v) is 2.21. The van der Waals surface area contributed by atoms with Crippen LogP contribution in [0.25, 0.3) is 0 Å². The quantitative estimate of drug-likeness (QED) is 0.850. The van der Waals surface area contributed by atoms with Gasteiger partial charge in [0.15, 0.2) is 0 Å². The number of carboxylic acids is 1. The van der Waals surface area contributed by atoms with Crippen molar-refractivity contribution in [3.63, 3.8) is 0 Å². The number of urea groups is 1. The first-order valence-electron chi connectivity index (χ1n) is 6.46. The highest BCUT2D eigenvalue weighted by Gasteiger charge is 2.27. The monoisotopic (exact) mass is 262 g/mol. The normalized spacial score (nSPS) is 15.1. The molecule has 0 bridgehead atoms. The molecule has 1 aromatic rings. The predicted molar refractivity (Wildman–Crippen MR) is 70.7 cm³/mol. The Morgan fingerprint density at radius 3 is 2.53 bits per heavy atom. The van der Waals surface area contributed by atoms with E-state index in [1.807, 2.05) is 30.3 Å². The largest absolute Gasteiger partial charge is 0.481 e. The molecule has 1 fully saturated rings. The summed E-state index contributed by atoms with van der Waals surface area (Å²) in [6, 6.07) is 9.88. The summed E-state index contributed by atoms with van der Waals surface area (Å²) in [4.78, 5) is 26.1. The predicted octanol–water partition coefficient (Wildman–Crippen LogP) is 1.79. The van der Waals surface area contributed by atoms with Crippen LogP contribution in [0.2, 0.25) is 0 Å². The number of benzene rings is 1. The molecule has 1 heterocycles. The molecule has 0 saturated carbocycles. The first kappa shape index (κ1) is 13.4. The smallest absolute Gasteiger partial charge is 0.320 e. The molecule has 0 radical (unpaired) electrons. The van der Waals surface area contributed by atoms with Crippen LogP contribution in [0.15, 0.2) is 30.3 Å². The number of hydrogen-bond donors (Lipinski definition) is 1. The Morgan fingerprint density at radius 2 is 1.84 bits per heavy atom. The van der Waals surface area contributed by atoms with E-state index in [1.54, 1.807) is 9.80 Å². The average molecular weight is 262 g/mol. The van der Waals surface area contributed by atoms with Gasteiger partial charge in [0.25, 0.3) is 0 Å². The summed E-state index contributed by atoms with van der Waals surface area (Å²) < 4.78 is 0. The Kier molecular flexibility index (Phi) is 4.39. The Hall–Kier alpha value is -2.04. The van der Waals surface area contributed by atoms with Gasteiger partial charge in [-0.2, -0.15) is 0 Å². The minimum Gasteiger partial charge on any atom is -0.481 e. The van der Waals surface area contributed by atoms with Crippen LogP contribution in [-0.2, 0) is 11.3 Å². The topological polar surface area (TPSA) is 60.9 Å². The van der Waals surface area contributed by atoms with Crippen LogP contribution in [0.3, 0.4) is 0 Å². The first-order chi connectivity index (χ1) is 9.16. The Morgan fingerprint density at radius 1 is 1.16 bits per heavy atom. The second kappa shape index (κ2) is 6.22. The fourth-order valence-electron chi connectivity index (χ4n) is 2.21. The van der Waals surface area contributed by atoms with E-state index < -0.39 is 5.97 Å². The number of rotatable bonds is 6. The maximum Gasteiger partial charge on any atom is 0.320 e. The Labute approximate surface area is 112 Å². The van der Waals surface area contributed by atoms with E-state index >= 15 is 0 Å². The van der Waals surface area contributed by atoms with Gasteiger partial charge in [0.05, 0.1) is 0 Å². The van der Waals surface area contributed by atoms with Crippen LogP contribution >= 0.6 is 0 Å². The standard InChI is InChI=1S/C14H18N2O3/c17-13(18)7-4-8-15-9-10-16(14(15)19)11-12-5-2-1-3-6-12/h1-3,5-6H,4,7-11H2,(H,17,18). The van der Waals surface area contributed by atoms with E-state index in [0.29, 0.717) is 32.6 Å². The van der Waals surface area contributed by atoms with E-state index in [4.69, 9.17) is 5.11 Å². The molecule has 0 unspecified atom stereocenters. The molecular weight excluding hydrogens is 244 g/mol. The molecule has 19 heavy (non-hydrogen) atoms. The van der Waals surface area contributed by atoms with Crippen molar-refractivity contribution in [3.8, 4) is 0 Å². The number of carboxylic acid groups (broad SMARTS) is 1. The molecule has 2 rings (SSSR count). The van der Waals surface area contributed by atoms with Gasteiger partial charge >= 0.3 is 12.0 Å². The molecule has 0 aliphatic carbocycles. The Bertz CT molecular complexity index is 447. The number of carbonyl (C=O) groups is 2. The van der Waals surface area contributed by atoms with Gasteiger partial charge < -0.3 is 14.9 Å². The number of aliphatic carboxylic acids is 1. The van der Waals surface area contributed by atoms with Gasteiger partial charge in [-0.05, 0) is 12.0 Å². The molecule has 1 aromatic carbocycles. The third kappa shape index (κ3) is 3.71. The van der Waals surface area contributed by atoms with Crippen molar-refractivity contribution in [2.24, 2.45) is 0 Å².